The van der Waals surface area contributed by atoms with E-state index in [0.29, 0.717) is 13.2 Å². The number of aryl methyl sites for hydroxylation is 2. The van der Waals surface area contributed by atoms with E-state index < -0.39 is 22.5 Å². The maximum Gasteiger partial charge on any atom is 0.353 e. The molecular formula is C52H59N3O8. The third kappa shape index (κ3) is 15.4. The van der Waals surface area contributed by atoms with Gasteiger partial charge in [0.15, 0.2) is 0 Å². The Morgan fingerprint density at radius 2 is 0.952 bits per heavy atom. The number of carbonyl (C=O) groups is 2. The van der Waals surface area contributed by atoms with E-state index in [9.17, 15) is 19.7 Å². The molecule has 63 heavy (non-hydrogen) atoms. The van der Waals surface area contributed by atoms with Crippen molar-refractivity contribution in [1.82, 2.24) is 0 Å². The normalized spacial score (nSPS) is 11.2. The van der Waals surface area contributed by atoms with Gasteiger partial charge in [0.2, 0.25) is 11.5 Å². The Bertz CT molecular complexity index is 2170. The van der Waals surface area contributed by atoms with Crippen LogP contribution in [-0.2, 0) is 0 Å². The SMILES string of the molecule is CCCCCCCCOc1ccc(N=Cc2ccc(C(=O)Oc3cccc(OC(=O)c4ccc(C=Nc5ccc(OCCCCCCCC)cc5C)cc4)c3[N+](=O)[O-])cc2)c(C)c1. The summed E-state index contributed by atoms with van der Waals surface area (Å²) in [5, 5.41) is 12.2. The number of hydrogen-bond acceptors (Lipinski definition) is 10. The molecule has 5 aromatic carbocycles. The molecule has 0 bridgehead atoms. The van der Waals surface area contributed by atoms with E-state index in [1.807, 2.05) is 50.2 Å². The van der Waals surface area contributed by atoms with Crippen LogP contribution in [0.25, 0.3) is 0 Å². The second-order valence-electron chi connectivity index (χ2n) is 15.5. The average Bonchev–Trinajstić information content (AvgIpc) is 3.28. The molecule has 0 saturated heterocycles. The topological polar surface area (TPSA) is 139 Å². The summed E-state index contributed by atoms with van der Waals surface area (Å²) in [7, 11) is 0. The van der Waals surface area contributed by atoms with Crippen molar-refractivity contribution >= 4 is 41.4 Å². The van der Waals surface area contributed by atoms with Gasteiger partial charge < -0.3 is 18.9 Å². The molecule has 0 heterocycles. The van der Waals surface area contributed by atoms with Crippen LogP contribution in [0.4, 0.5) is 17.1 Å². The number of unbranched alkanes of at least 4 members (excludes halogenated alkanes) is 10. The molecule has 330 valence electrons. The first-order valence-corrected chi connectivity index (χ1v) is 22.1. The Morgan fingerprint density at radius 1 is 0.556 bits per heavy atom. The molecular weight excluding hydrogens is 795 g/mol. The fraction of sp³-hybridized carbons (Fsp3) is 0.346. The minimum absolute atomic E-state index is 0.163. The van der Waals surface area contributed by atoms with Crippen molar-refractivity contribution in [2.45, 2.75) is 105 Å². The molecule has 0 aliphatic carbocycles. The van der Waals surface area contributed by atoms with Gasteiger partial charge in [-0.3, -0.25) is 20.1 Å². The van der Waals surface area contributed by atoms with E-state index in [-0.39, 0.29) is 22.6 Å². The molecule has 0 N–H and O–H groups in total. The van der Waals surface area contributed by atoms with Crippen LogP contribution in [0.5, 0.6) is 23.0 Å². The summed E-state index contributed by atoms with van der Waals surface area (Å²) < 4.78 is 22.8. The number of esters is 2. The molecule has 0 fully saturated rings. The number of aliphatic imine (C=N–C) groups is 2. The van der Waals surface area contributed by atoms with Crippen LogP contribution in [0.2, 0.25) is 0 Å². The van der Waals surface area contributed by atoms with Crippen LogP contribution in [0.1, 0.15) is 134 Å². The van der Waals surface area contributed by atoms with E-state index >= 15 is 0 Å². The van der Waals surface area contributed by atoms with Crippen LogP contribution in [-0.4, -0.2) is 42.5 Å². The summed E-state index contributed by atoms with van der Waals surface area (Å²) >= 11 is 0. The Balaban J connectivity index is 1.13. The highest BCUT2D eigenvalue weighted by Gasteiger charge is 2.27. The molecule has 0 saturated carbocycles. The van der Waals surface area contributed by atoms with Gasteiger partial charge >= 0.3 is 17.6 Å². The number of benzene rings is 5. The van der Waals surface area contributed by atoms with Crippen molar-refractivity contribution in [1.29, 1.82) is 0 Å². The zero-order valence-corrected chi connectivity index (χ0v) is 37.0. The van der Waals surface area contributed by atoms with Crippen LogP contribution < -0.4 is 18.9 Å². The van der Waals surface area contributed by atoms with Gasteiger partial charge in [-0.1, -0.05) is 108 Å². The maximum atomic E-state index is 13.1. The zero-order valence-electron chi connectivity index (χ0n) is 37.0. The van der Waals surface area contributed by atoms with E-state index in [0.717, 1.165) is 58.0 Å². The maximum absolute atomic E-state index is 13.1. The Hall–Kier alpha value is -6.62. The minimum Gasteiger partial charge on any atom is -0.494 e. The quantitative estimate of drug-likeness (QED) is 0.0141. The molecule has 0 aliphatic heterocycles. The highest BCUT2D eigenvalue weighted by molar-refractivity contribution is 5.95. The molecule has 0 radical (unpaired) electrons. The van der Waals surface area contributed by atoms with Gasteiger partial charge in [-0.2, -0.15) is 0 Å². The predicted molar refractivity (Wildman–Crippen MR) is 251 cm³/mol. The van der Waals surface area contributed by atoms with Crippen molar-refractivity contribution in [3.8, 4) is 23.0 Å². The van der Waals surface area contributed by atoms with Gasteiger partial charge in [-0.25, -0.2) is 9.59 Å². The van der Waals surface area contributed by atoms with Gasteiger partial charge in [0.25, 0.3) is 0 Å². The number of nitro benzene ring substituents is 1. The van der Waals surface area contributed by atoms with Crippen molar-refractivity contribution in [3.63, 3.8) is 0 Å². The van der Waals surface area contributed by atoms with E-state index in [1.165, 1.54) is 82.4 Å². The summed E-state index contributed by atoms with van der Waals surface area (Å²) in [5.41, 5.74) is 4.66. The third-order valence-corrected chi connectivity index (χ3v) is 10.4. The number of carbonyl (C=O) groups excluding carboxylic acids is 2. The monoisotopic (exact) mass is 853 g/mol. The molecule has 0 aliphatic rings. The smallest absolute Gasteiger partial charge is 0.353 e. The fourth-order valence-electron chi connectivity index (χ4n) is 6.73. The standard InChI is InChI=1S/C52H59N3O8/c1-5-7-9-11-13-15-32-60-44-28-30-46(38(3)34-44)53-36-40-20-24-42(25-21-40)51(56)62-48-18-17-19-49(50(48)55(58)59)63-52(57)43-26-22-41(23-27-43)37-54-47-31-29-45(35-39(47)4)61-33-16-14-12-10-8-6-2/h17-31,34-37H,5-16,32-33H2,1-4H3. The molecule has 0 aromatic heterocycles. The van der Waals surface area contributed by atoms with Crippen molar-refractivity contribution in [2.24, 2.45) is 9.98 Å². The van der Waals surface area contributed by atoms with Gasteiger partial charge in [0, 0.05) is 12.4 Å². The van der Waals surface area contributed by atoms with Crippen molar-refractivity contribution in [3.05, 3.63) is 147 Å². The Kier molecular flexibility index (Phi) is 19.1. The molecule has 0 unspecified atom stereocenters. The lowest BCUT2D eigenvalue weighted by atomic mass is 10.1. The number of nitro groups is 1. The second kappa shape index (κ2) is 25.3. The van der Waals surface area contributed by atoms with Crippen LogP contribution in [0, 0.1) is 24.0 Å². The Labute approximate surface area is 371 Å². The molecule has 11 nitrogen and oxygen atoms in total. The largest absolute Gasteiger partial charge is 0.494 e. The van der Waals surface area contributed by atoms with Crippen LogP contribution in [0.3, 0.4) is 0 Å². The molecule has 5 aromatic rings. The molecule has 5 rings (SSSR count). The number of rotatable bonds is 25. The number of hydrogen-bond donors (Lipinski definition) is 0. The zero-order chi connectivity index (χ0) is 44.8. The van der Waals surface area contributed by atoms with Crippen LogP contribution in [0.15, 0.2) is 113 Å². The van der Waals surface area contributed by atoms with Crippen molar-refractivity contribution < 1.29 is 33.5 Å². The highest BCUT2D eigenvalue weighted by atomic mass is 16.6. The molecule has 0 spiro atoms. The highest BCUT2D eigenvalue weighted by Crippen LogP contribution is 2.37. The fourth-order valence-corrected chi connectivity index (χ4v) is 6.73. The number of para-hydroxylation sites is 1. The van der Waals surface area contributed by atoms with Crippen LogP contribution >= 0.6 is 0 Å². The third-order valence-electron chi connectivity index (χ3n) is 10.4. The average molecular weight is 854 g/mol. The number of nitrogens with zero attached hydrogens (tertiary/aromatic N) is 3. The molecule has 11 heteroatoms. The van der Waals surface area contributed by atoms with Gasteiger partial charge in [-0.05, 0) is 122 Å². The second-order valence-corrected chi connectivity index (χ2v) is 15.5. The lowest BCUT2D eigenvalue weighted by molar-refractivity contribution is -0.386. The van der Waals surface area contributed by atoms with Gasteiger partial charge in [0.05, 0.1) is 40.6 Å². The Morgan fingerprint density at radius 3 is 1.33 bits per heavy atom. The first kappa shape index (κ1) is 47.4. The summed E-state index contributed by atoms with van der Waals surface area (Å²) in [6.45, 7) is 9.76. The summed E-state index contributed by atoms with van der Waals surface area (Å²) in [5.74, 6) is -0.742. The summed E-state index contributed by atoms with van der Waals surface area (Å²) in [6.07, 6.45) is 17.9. The minimum atomic E-state index is -0.822. The van der Waals surface area contributed by atoms with Gasteiger partial charge in [0.1, 0.15) is 11.5 Å². The first-order chi connectivity index (χ1) is 30.6. The summed E-state index contributed by atoms with van der Waals surface area (Å²) in [6, 6.07) is 28.5. The first-order valence-electron chi connectivity index (χ1n) is 22.1. The van der Waals surface area contributed by atoms with E-state index in [1.54, 1.807) is 61.0 Å². The van der Waals surface area contributed by atoms with E-state index in [2.05, 4.69) is 23.8 Å². The summed E-state index contributed by atoms with van der Waals surface area (Å²) in [4.78, 5) is 47.0. The lowest BCUT2D eigenvalue weighted by Crippen LogP contribution is -2.12. The van der Waals surface area contributed by atoms with Gasteiger partial charge in [-0.15, -0.1) is 0 Å². The molecule has 0 atom stereocenters. The predicted octanol–water partition coefficient (Wildman–Crippen LogP) is 13.6. The van der Waals surface area contributed by atoms with Crippen molar-refractivity contribution in [2.75, 3.05) is 13.2 Å². The van der Waals surface area contributed by atoms with E-state index in [4.69, 9.17) is 18.9 Å². The number of ether oxygens (including phenoxy) is 4. The molecule has 0 amide bonds. The lowest BCUT2D eigenvalue weighted by Gasteiger charge is -2.09.